The maximum atomic E-state index is 12.8. The quantitative estimate of drug-likeness (QED) is 0.309. The minimum atomic E-state index is -0.473. The van der Waals surface area contributed by atoms with Crippen molar-refractivity contribution < 1.29 is 9.72 Å². The van der Waals surface area contributed by atoms with E-state index in [1.54, 1.807) is 35.0 Å². The van der Waals surface area contributed by atoms with Gasteiger partial charge in [0.2, 0.25) is 0 Å². The Morgan fingerprint density at radius 2 is 1.91 bits per heavy atom. The first kappa shape index (κ1) is 21.4. The summed E-state index contributed by atoms with van der Waals surface area (Å²) in [5, 5.41) is 18.2. The Balaban J connectivity index is 1.45. The van der Waals surface area contributed by atoms with Crippen LogP contribution in [0, 0.1) is 10.1 Å². The molecule has 0 aliphatic rings. The minimum absolute atomic E-state index is 0.0114. The summed E-state index contributed by atoms with van der Waals surface area (Å²) in [5.74, 6) is -0.215. The van der Waals surface area contributed by atoms with Crippen molar-refractivity contribution in [3.8, 4) is 0 Å². The molecule has 0 saturated heterocycles. The number of nitrogens with zero attached hydrogens (tertiary/aromatic N) is 5. The van der Waals surface area contributed by atoms with E-state index in [0.29, 0.717) is 34.2 Å². The standard InChI is InChI=1S/C21H17BrN6O4/c22-18-4-2-1-3-16(18)20(29)23-9-10-27-19-17(11-25-27)21(30)26(13-24-19)12-14-5-7-15(8-6-14)28(31)32/h1-8,11,13H,9-10,12H2,(H,23,29). The molecule has 0 unspecified atom stereocenters. The molecule has 4 rings (SSSR count). The summed E-state index contributed by atoms with van der Waals surface area (Å²) in [6.07, 6.45) is 2.87. The maximum absolute atomic E-state index is 12.8. The van der Waals surface area contributed by atoms with Crippen LogP contribution in [0.4, 0.5) is 5.69 Å². The Kier molecular flexibility index (Phi) is 6.08. The van der Waals surface area contributed by atoms with Crippen LogP contribution in [-0.4, -0.2) is 36.7 Å². The zero-order valence-corrected chi connectivity index (χ0v) is 18.2. The summed E-state index contributed by atoms with van der Waals surface area (Å²) in [7, 11) is 0. The van der Waals surface area contributed by atoms with Crippen LogP contribution >= 0.6 is 15.9 Å². The fourth-order valence-corrected chi connectivity index (χ4v) is 3.67. The van der Waals surface area contributed by atoms with Crippen molar-refractivity contribution in [1.82, 2.24) is 24.6 Å². The van der Waals surface area contributed by atoms with Crippen molar-refractivity contribution in [3.05, 3.63) is 97.1 Å². The summed E-state index contributed by atoms with van der Waals surface area (Å²) >= 11 is 3.35. The van der Waals surface area contributed by atoms with E-state index >= 15 is 0 Å². The van der Waals surface area contributed by atoms with E-state index in [4.69, 9.17) is 0 Å². The zero-order chi connectivity index (χ0) is 22.7. The Bertz CT molecular complexity index is 1360. The second-order valence-corrected chi connectivity index (χ2v) is 7.80. The molecule has 0 spiro atoms. The van der Waals surface area contributed by atoms with Gasteiger partial charge in [-0.2, -0.15) is 5.10 Å². The number of halogens is 1. The predicted molar refractivity (Wildman–Crippen MR) is 120 cm³/mol. The van der Waals surface area contributed by atoms with Crippen LogP contribution < -0.4 is 10.9 Å². The lowest BCUT2D eigenvalue weighted by Gasteiger charge is -2.08. The maximum Gasteiger partial charge on any atom is 0.269 e. The average molecular weight is 497 g/mol. The number of carbonyl (C=O) groups excluding carboxylic acids is 1. The Morgan fingerprint density at radius 3 is 2.62 bits per heavy atom. The Morgan fingerprint density at radius 1 is 1.16 bits per heavy atom. The number of carbonyl (C=O) groups is 1. The summed E-state index contributed by atoms with van der Waals surface area (Å²) in [4.78, 5) is 39.8. The SMILES string of the molecule is O=C(NCCn1ncc2c(=O)n(Cc3ccc([N+](=O)[O-])cc3)cnc21)c1ccccc1Br. The van der Waals surface area contributed by atoms with E-state index in [1.807, 2.05) is 6.07 Å². The van der Waals surface area contributed by atoms with E-state index in [2.05, 4.69) is 31.3 Å². The monoisotopic (exact) mass is 496 g/mol. The van der Waals surface area contributed by atoms with Gasteiger partial charge in [0.1, 0.15) is 11.7 Å². The smallest absolute Gasteiger partial charge is 0.269 e. The van der Waals surface area contributed by atoms with Crippen LogP contribution in [0.25, 0.3) is 11.0 Å². The number of non-ortho nitro benzene ring substituents is 1. The van der Waals surface area contributed by atoms with Gasteiger partial charge in [0.15, 0.2) is 5.65 Å². The van der Waals surface area contributed by atoms with Gasteiger partial charge < -0.3 is 5.32 Å². The molecule has 2 aromatic heterocycles. The molecule has 4 aromatic rings. The second-order valence-electron chi connectivity index (χ2n) is 6.94. The molecule has 0 aliphatic heterocycles. The largest absolute Gasteiger partial charge is 0.350 e. The minimum Gasteiger partial charge on any atom is -0.350 e. The van der Waals surface area contributed by atoms with Crippen molar-refractivity contribution in [1.29, 1.82) is 0 Å². The van der Waals surface area contributed by atoms with E-state index in [9.17, 15) is 19.7 Å². The number of aromatic nitrogens is 4. The van der Waals surface area contributed by atoms with Gasteiger partial charge in [-0.3, -0.25) is 24.3 Å². The summed E-state index contributed by atoms with van der Waals surface area (Å²) in [5.41, 5.74) is 1.41. The molecule has 162 valence electrons. The first-order chi connectivity index (χ1) is 15.4. The third-order valence-electron chi connectivity index (χ3n) is 4.85. The van der Waals surface area contributed by atoms with Gasteiger partial charge in [-0.15, -0.1) is 0 Å². The lowest BCUT2D eigenvalue weighted by Crippen LogP contribution is -2.28. The molecule has 0 saturated carbocycles. The number of hydrogen-bond donors (Lipinski definition) is 1. The van der Waals surface area contributed by atoms with E-state index in [0.717, 1.165) is 5.56 Å². The molecule has 0 radical (unpaired) electrons. The van der Waals surface area contributed by atoms with Crippen molar-refractivity contribution >= 4 is 38.6 Å². The molecular weight excluding hydrogens is 480 g/mol. The molecule has 0 bridgehead atoms. The topological polar surface area (TPSA) is 125 Å². The Labute approximate surface area is 189 Å². The first-order valence-electron chi connectivity index (χ1n) is 9.61. The number of benzene rings is 2. The fourth-order valence-electron chi connectivity index (χ4n) is 3.21. The molecule has 32 heavy (non-hydrogen) atoms. The van der Waals surface area contributed by atoms with Crippen LogP contribution in [0.2, 0.25) is 0 Å². The molecule has 2 heterocycles. The van der Waals surface area contributed by atoms with E-state index < -0.39 is 4.92 Å². The number of nitro benzene ring substituents is 1. The highest BCUT2D eigenvalue weighted by atomic mass is 79.9. The third kappa shape index (κ3) is 4.42. The fraction of sp³-hybridized carbons (Fsp3) is 0.143. The van der Waals surface area contributed by atoms with Gasteiger partial charge in [0.25, 0.3) is 17.2 Å². The molecule has 1 amide bonds. The van der Waals surface area contributed by atoms with Gasteiger partial charge in [-0.25, -0.2) is 9.67 Å². The number of amides is 1. The van der Waals surface area contributed by atoms with Gasteiger partial charge in [0.05, 0.1) is 29.8 Å². The molecule has 0 aliphatic carbocycles. The zero-order valence-electron chi connectivity index (χ0n) is 16.6. The van der Waals surface area contributed by atoms with Crippen LogP contribution in [0.1, 0.15) is 15.9 Å². The number of hydrogen-bond acceptors (Lipinski definition) is 6. The average Bonchev–Trinajstić information content (AvgIpc) is 3.20. The van der Waals surface area contributed by atoms with Crippen LogP contribution in [0.15, 0.2) is 70.3 Å². The van der Waals surface area contributed by atoms with Crippen LogP contribution in [-0.2, 0) is 13.1 Å². The normalized spacial score (nSPS) is 10.9. The van der Waals surface area contributed by atoms with E-state index in [1.165, 1.54) is 29.2 Å². The van der Waals surface area contributed by atoms with Crippen molar-refractivity contribution in [2.75, 3.05) is 6.54 Å². The molecule has 10 nitrogen and oxygen atoms in total. The highest BCUT2D eigenvalue weighted by molar-refractivity contribution is 9.10. The number of nitrogens with one attached hydrogen (secondary N) is 1. The lowest BCUT2D eigenvalue weighted by molar-refractivity contribution is -0.384. The summed E-state index contributed by atoms with van der Waals surface area (Å²) in [6, 6.07) is 13.1. The van der Waals surface area contributed by atoms with Crippen molar-refractivity contribution in [3.63, 3.8) is 0 Å². The molecular formula is C21H17BrN6O4. The van der Waals surface area contributed by atoms with Gasteiger partial charge >= 0.3 is 0 Å². The van der Waals surface area contributed by atoms with Gasteiger partial charge in [0, 0.05) is 23.2 Å². The molecule has 0 atom stereocenters. The number of nitro groups is 1. The van der Waals surface area contributed by atoms with Crippen molar-refractivity contribution in [2.45, 2.75) is 13.1 Å². The second kappa shape index (κ2) is 9.10. The van der Waals surface area contributed by atoms with E-state index in [-0.39, 0.29) is 23.7 Å². The highest BCUT2D eigenvalue weighted by Gasteiger charge is 2.13. The summed E-state index contributed by atoms with van der Waals surface area (Å²) in [6.45, 7) is 0.885. The first-order valence-corrected chi connectivity index (χ1v) is 10.4. The third-order valence-corrected chi connectivity index (χ3v) is 5.54. The number of fused-ring (bicyclic) bond motifs is 1. The highest BCUT2D eigenvalue weighted by Crippen LogP contribution is 2.15. The van der Waals surface area contributed by atoms with Gasteiger partial charge in [-0.05, 0) is 33.6 Å². The van der Waals surface area contributed by atoms with Crippen LogP contribution in [0.3, 0.4) is 0 Å². The number of rotatable bonds is 7. The molecule has 1 N–H and O–H groups in total. The van der Waals surface area contributed by atoms with Gasteiger partial charge in [-0.1, -0.05) is 24.3 Å². The molecule has 11 heteroatoms. The summed E-state index contributed by atoms with van der Waals surface area (Å²) < 4.78 is 3.69. The Hall–Kier alpha value is -3.86. The predicted octanol–water partition coefficient (Wildman–Crippen LogP) is 2.74. The van der Waals surface area contributed by atoms with Crippen molar-refractivity contribution in [2.24, 2.45) is 0 Å². The van der Waals surface area contributed by atoms with Crippen LogP contribution in [0.5, 0.6) is 0 Å². The molecule has 0 fully saturated rings. The lowest BCUT2D eigenvalue weighted by atomic mass is 10.2. The molecule has 2 aromatic carbocycles.